The van der Waals surface area contributed by atoms with E-state index in [-0.39, 0.29) is 29.6 Å². The minimum absolute atomic E-state index is 0.0509. The number of rotatable bonds is 5. The molecule has 3 aromatic rings. The molecule has 4 rings (SSSR count). The third-order valence-electron chi connectivity index (χ3n) is 5.32. The van der Waals surface area contributed by atoms with Crippen LogP contribution in [0.1, 0.15) is 36.0 Å². The van der Waals surface area contributed by atoms with Crippen molar-refractivity contribution in [3.8, 4) is 5.69 Å². The van der Waals surface area contributed by atoms with E-state index in [1.165, 1.54) is 10.7 Å². The number of aromatic nitrogens is 3. The molecule has 2 heterocycles. The van der Waals surface area contributed by atoms with E-state index in [4.69, 9.17) is 0 Å². The highest BCUT2D eigenvalue weighted by Crippen LogP contribution is 2.26. The summed E-state index contributed by atoms with van der Waals surface area (Å²) in [5, 5.41) is 10.1. The van der Waals surface area contributed by atoms with Crippen LogP contribution in [-0.2, 0) is 4.79 Å². The SMILES string of the molecule is O=C(N[C@H]1CC[C@@H](C(=O)Nc2ccn(-c3ccccc3F)n2)CC1)c1ccncc1. The third kappa shape index (κ3) is 4.53. The van der Waals surface area contributed by atoms with Gasteiger partial charge in [0.15, 0.2) is 5.82 Å². The van der Waals surface area contributed by atoms with Crippen molar-refractivity contribution in [3.63, 3.8) is 0 Å². The summed E-state index contributed by atoms with van der Waals surface area (Å²) in [7, 11) is 0. The first-order chi connectivity index (χ1) is 14.6. The number of carbonyl (C=O) groups excluding carboxylic acids is 2. The number of carbonyl (C=O) groups is 2. The lowest BCUT2D eigenvalue weighted by atomic mass is 9.85. The smallest absolute Gasteiger partial charge is 0.251 e. The molecule has 1 aliphatic carbocycles. The number of benzene rings is 1. The van der Waals surface area contributed by atoms with Crippen LogP contribution in [0.2, 0.25) is 0 Å². The number of anilines is 1. The molecule has 2 amide bonds. The van der Waals surface area contributed by atoms with Gasteiger partial charge in [-0.15, -0.1) is 5.10 Å². The van der Waals surface area contributed by atoms with Crippen LogP contribution in [-0.4, -0.2) is 32.6 Å². The molecule has 1 aromatic carbocycles. The largest absolute Gasteiger partial charge is 0.349 e. The van der Waals surface area contributed by atoms with E-state index in [0.717, 1.165) is 12.8 Å². The van der Waals surface area contributed by atoms with Crippen LogP contribution in [0.4, 0.5) is 10.2 Å². The second-order valence-corrected chi connectivity index (χ2v) is 7.34. The molecule has 0 atom stereocenters. The predicted molar refractivity (Wildman–Crippen MR) is 110 cm³/mol. The van der Waals surface area contributed by atoms with Crippen LogP contribution >= 0.6 is 0 Å². The Kier molecular flexibility index (Phi) is 5.83. The average Bonchev–Trinajstić information content (AvgIpc) is 3.23. The first-order valence-electron chi connectivity index (χ1n) is 9.92. The molecule has 2 aromatic heterocycles. The Labute approximate surface area is 173 Å². The van der Waals surface area contributed by atoms with Gasteiger partial charge in [0.2, 0.25) is 5.91 Å². The van der Waals surface area contributed by atoms with Crippen LogP contribution in [0.5, 0.6) is 0 Å². The van der Waals surface area contributed by atoms with Gasteiger partial charge < -0.3 is 10.6 Å². The first-order valence-corrected chi connectivity index (χ1v) is 9.92. The van der Waals surface area contributed by atoms with Crippen LogP contribution in [0.3, 0.4) is 0 Å². The quantitative estimate of drug-likeness (QED) is 0.679. The van der Waals surface area contributed by atoms with Gasteiger partial charge in [-0.1, -0.05) is 12.1 Å². The molecule has 154 valence electrons. The van der Waals surface area contributed by atoms with Crippen molar-refractivity contribution in [3.05, 3.63) is 72.4 Å². The van der Waals surface area contributed by atoms with Crippen LogP contribution in [0.25, 0.3) is 5.69 Å². The minimum atomic E-state index is -0.384. The second kappa shape index (κ2) is 8.86. The highest BCUT2D eigenvalue weighted by atomic mass is 19.1. The molecule has 8 heteroatoms. The van der Waals surface area contributed by atoms with Crippen molar-refractivity contribution >= 4 is 17.6 Å². The normalized spacial score (nSPS) is 18.6. The van der Waals surface area contributed by atoms with Crippen molar-refractivity contribution in [2.45, 2.75) is 31.7 Å². The van der Waals surface area contributed by atoms with E-state index in [1.54, 1.807) is 55.0 Å². The lowest BCUT2D eigenvalue weighted by Crippen LogP contribution is -2.39. The Morgan fingerprint density at radius 1 is 1.00 bits per heavy atom. The maximum absolute atomic E-state index is 13.9. The number of hydrogen-bond donors (Lipinski definition) is 2. The van der Waals surface area contributed by atoms with Crippen molar-refractivity contribution in [1.29, 1.82) is 0 Å². The van der Waals surface area contributed by atoms with Crippen molar-refractivity contribution in [2.75, 3.05) is 5.32 Å². The number of pyridine rings is 1. The topological polar surface area (TPSA) is 88.9 Å². The molecule has 0 radical (unpaired) electrons. The molecule has 30 heavy (non-hydrogen) atoms. The molecule has 1 saturated carbocycles. The predicted octanol–water partition coefficient (Wildman–Crippen LogP) is 3.33. The monoisotopic (exact) mass is 407 g/mol. The minimum Gasteiger partial charge on any atom is -0.349 e. The van der Waals surface area contributed by atoms with E-state index in [1.807, 2.05) is 0 Å². The summed E-state index contributed by atoms with van der Waals surface area (Å²) >= 11 is 0. The Morgan fingerprint density at radius 2 is 1.73 bits per heavy atom. The highest BCUT2D eigenvalue weighted by Gasteiger charge is 2.27. The zero-order valence-electron chi connectivity index (χ0n) is 16.3. The molecule has 7 nitrogen and oxygen atoms in total. The zero-order chi connectivity index (χ0) is 20.9. The van der Waals surface area contributed by atoms with Gasteiger partial charge in [0.05, 0.1) is 0 Å². The highest BCUT2D eigenvalue weighted by molar-refractivity contribution is 5.94. The van der Waals surface area contributed by atoms with Gasteiger partial charge in [0, 0.05) is 42.2 Å². The maximum Gasteiger partial charge on any atom is 0.251 e. The summed E-state index contributed by atoms with van der Waals surface area (Å²) in [6.45, 7) is 0. The summed E-state index contributed by atoms with van der Waals surface area (Å²) in [6, 6.07) is 11.4. The van der Waals surface area contributed by atoms with Crippen LogP contribution in [0.15, 0.2) is 61.1 Å². The number of nitrogens with zero attached hydrogens (tertiary/aromatic N) is 3. The van der Waals surface area contributed by atoms with Gasteiger partial charge in [-0.3, -0.25) is 14.6 Å². The van der Waals surface area contributed by atoms with Gasteiger partial charge in [0.25, 0.3) is 5.91 Å². The summed E-state index contributed by atoms with van der Waals surface area (Å²) in [4.78, 5) is 28.8. The van der Waals surface area contributed by atoms with Crippen molar-refractivity contribution < 1.29 is 14.0 Å². The standard InChI is InChI=1S/C22H22FN5O2/c23-18-3-1-2-4-19(18)28-14-11-20(27-28)26-22(30)15-5-7-17(8-6-15)25-21(29)16-9-12-24-13-10-16/h1-4,9-15,17H,5-8H2,(H,25,29)(H,26,27,30)/t15-,17+. The Morgan fingerprint density at radius 3 is 2.47 bits per heavy atom. The van der Waals surface area contributed by atoms with Gasteiger partial charge in [-0.25, -0.2) is 9.07 Å². The van der Waals surface area contributed by atoms with Crippen LogP contribution in [0, 0.1) is 11.7 Å². The number of para-hydroxylation sites is 1. The zero-order valence-corrected chi connectivity index (χ0v) is 16.3. The van der Waals surface area contributed by atoms with Crippen molar-refractivity contribution in [2.24, 2.45) is 5.92 Å². The Balaban J connectivity index is 1.29. The fourth-order valence-electron chi connectivity index (χ4n) is 3.66. The van der Waals surface area contributed by atoms with Gasteiger partial charge in [0.1, 0.15) is 11.5 Å². The summed E-state index contributed by atoms with van der Waals surface area (Å²) in [5.74, 6) is -0.364. The van der Waals surface area contributed by atoms with Gasteiger partial charge in [-0.05, 0) is 49.9 Å². The maximum atomic E-state index is 13.9. The summed E-state index contributed by atoms with van der Waals surface area (Å²) in [6.07, 6.45) is 7.62. The fraction of sp³-hybridized carbons (Fsp3) is 0.273. The number of halogens is 1. The van der Waals surface area contributed by atoms with E-state index in [9.17, 15) is 14.0 Å². The van der Waals surface area contributed by atoms with Crippen molar-refractivity contribution in [1.82, 2.24) is 20.1 Å². The second-order valence-electron chi connectivity index (χ2n) is 7.34. The number of nitrogens with one attached hydrogen (secondary N) is 2. The number of hydrogen-bond acceptors (Lipinski definition) is 4. The van der Waals surface area contributed by atoms with E-state index >= 15 is 0 Å². The molecule has 0 spiro atoms. The third-order valence-corrected chi connectivity index (χ3v) is 5.32. The fourth-order valence-corrected chi connectivity index (χ4v) is 3.66. The Hall–Kier alpha value is -3.55. The average molecular weight is 407 g/mol. The molecule has 2 N–H and O–H groups in total. The first kappa shape index (κ1) is 19.8. The van der Waals surface area contributed by atoms with E-state index < -0.39 is 0 Å². The molecular weight excluding hydrogens is 385 g/mol. The number of amides is 2. The van der Waals surface area contributed by atoms with E-state index in [0.29, 0.717) is 29.9 Å². The Bertz CT molecular complexity index is 1030. The summed E-state index contributed by atoms with van der Waals surface area (Å²) in [5.41, 5.74) is 0.902. The van der Waals surface area contributed by atoms with Gasteiger partial charge in [-0.2, -0.15) is 0 Å². The molecule has 1 aliphatic rings. The van der Waals surface area contributed by atoms with Gasteiger partial charge >= 0.3 is 0 Å². The van der Waals surface area contributed by atoms with Crippen LogP contribution < -0.4 is 10.6 Å². The molecule has 0 unspecified atom stereocenters. The molecular formula is C22H22FN5O2. The van der Waals surface area contributed by atoms with E-state index in [2.05, 4.69) is 20.7 Å². The molecule has 1 fully saturated rings. The molecule has 0 saturated heterocycles. The molecule has 0 bridgehead atoms. The lowest BCUT2D eigenvalue weighted by Gasteiger charge is -2.28. The molecule has 0 aliphatic heterocycles. The lowest BCUT2D eigenvalue weighted by molar-refractivity contribution is -0.120. The summed E-state index contributed by atoms with van der Waals surface area (Å²) < 4.78 is 15.3.